The number of hydrogen-bond acceptors (Lipinski definition) is 3. The van der Waals surface area contributed by atoms with Crippen LogP contribution in [0.15, 0.2) is 18.2 Å². The van der Waals surface area contributed by atoms with Gasteiger partial charge in [0, 0.05) is 6.61 Å². The maximum absolute atomic E-state index is 6.02. The minimum Gasteiger partial charge on any atom is -0.376 e. The Bertz CT molecular complexity index is 400. The summed E-state index contributed by atoms with van der Waals surface area (Å²) in [6.07, 6.45) is 1.14. The lowest BCUT2D eigenvalue weighted by molar-refractivity contribution is 0.0607. The van der Waals surface area contributed by atoms with E-state index in [1.54, 1.807) is 6.07 Å². The van der Waals surface area contributed by atoms with Crippen LogP contribution in [0, 0.1) is 5.92 Å². The summed E-state index contributed by atoms with van der Waals surface area (Å²) in [7, 11) is 0. The first-order valence-electron chi connectivity index (χ1n) is 5.66. The van der Waals surface area contributed by atoms with Gasteiger partial charge in [-0.25, -0.2) is 0 Å². The summed E-state index contributed by atoms with van der Waals surface area (Å²) < 4.78 is 5.72. The molecule has 0 bridgehead atoms. The van der Waals surface area contributed by atoms with Crippen LogP contribution in [0.3, 0.4) is 0 Å². The molecule has 0 amide bonds. The van der Waals surface area contributed by atoms with E-state index in [0.29, 0.717) is 16.0 Å². The highest BCUT2D eigenvalue weighted by Crippen LogP contribution is 2.33. The highest BCUT2D eigenvalue weighted by Gasteiger charge is 2.32. The zero-order chi connectivity index (χ0) is 12.4. The molecule has 0 aliphatic carbocycles. The molecule has 1 fully saturated rings. The van der Waals surface area contributed by atoms with Crippen LogP contribution in [0.25, 0.3) is 0 Å². The third kappa shape index (κ3) is 2.75. The van der Waals surface area contributed by atoms with Crippen molar-refractivity contribution in [3.8, 4) is 0 Å². The summed E-state index contributed by atoms with van der Waals surface area (Å²) in [5.74, 6) is 6.11. The van der Waals surface area contributed by atoms with Crippen LogP contribution < -0.4 is 11.3 Å². The Kier molecular flexibility index (Phi) is 4.28. The summed E-state index contributed by atoms with van der Waals surface area (Å²) >= 11 is 11.9. The van der Waals surface area contributed by atoms with Crippen LogP contribution in [0.5, 0.6) is 0 Å². The van der Waals surface area contributed by atoms with Crippen molar-refractivity contribution in [2.45, 2.75) is 25.5 Å². The van der Waals surface area contributed by atoms with Gasteiger partial charge >= 0.3 is 0 Å². The molecule has 0 spiro atoms. The Balaban J connectivity index is 2.25. The third-order valence-corrected chi connectivity index (χ3v) is 3.99. The quantitative estimate of drug-likeness (QED) is 0.658. The third-order valence-electron chi connectivity index (χ3n) is 3.26. The molecule has 1 saturated heterocycles. The van der Waals surface area contributed by atoms with Gasteiger partial charge in [0.25, 0.3) is 0 Å². The van der Waals surface area contributed by atoms with Crippen LogP contribution >= 0.6 is 23.2 Å². The van der Waals surface area contributed by atoms with Gasteiger partial charge in [-0.3, -0.25) is 11.3 Å². The molecule has 0 saturated carbocycles. The van der Waals surface area contributed by atoms with Crippen LogP contribution in [-0.4, -0.2) is 12.7 Å². The van der Waals surface area contributed by atoms with Gasteiger partial charge in [0.05, 0.1) is 22.2 Å². The molecule has 1 aliphatic rings. The SMILES string of the molecule is CC1CCOC1C(NN)c1ccc(Cl)c(Cl)c1. The summed E-state index contributed by atoms with van der Waals surface area (Å²) in [5.41, 5.74) is 3.81. The van der Waals surface area contributed by atoms with Gasteiger partial charge < -0.3 is 4.74 Å². The molecule has 3 N–H and O–H groups in total. The molecule has 0 radical (unpaired) electrons. The van der Waals surface area contributed by atoms with Gasteiger partial charge in [0.1, 0.15) is 0 Å². The molecular weight excluding hydrogens is 259 g/mol. The highest BCUT2D eigenvalue weighted by atomic mass is 35.5. The highest BCUT2D eigenvalue weighted by molar-refractivity contribution is 6.42. The van der Waals surface area contributed by atoms with Crippen molar-refractivity contribution in [3.63, 3.8) is 0 Å². The van der Waals surface area contributed by atoms with Crippen molar-refractivity contribution in [1.29, 1.82) is 0 Å². The molecule has 17 heavy (non-hydrogen) atoms. The number of ether oxygens (including phenoxy) is 1. The van der Waals surface area contributed by atoms with Crippen molar-refractivity contribution >= 4 is 23.2 Å². The predicted molar refractivity (Wildman–Crippen MR) is 70.0 cm³/mol. The second kappa shape index (κ2) is 5.55. The average Bonchev–Trinajstić information content (AvgIpc) is 2.71. The first kappa shape index (κ1) is 13.1. The van der Waals surface area contributed by atoms with Gasteiger partial charge in [-0.2, -0.15) is 0 Å². The molecule has 1 aromatic carbocycles. The maximum atomic E-state index is 6.02. The first-order chi connectivity index (χ1) is 8.13. The number of halogens is 2. The van der Waals surface area contributed by atoms with Gasteiger partial charge in [0.2, 0.25) is 0 Å². The van der Waals surface area contributed by atoms with Crippen molar-refractivity contribution in [1.82, 2.24) is 5.43 Å². The van der Waals surface area contributed by atoms with Gasteiger partial charge in [-0.15, -0.1) is 0 Å². The number of nitrogens with two attached hydrogens (primary N) is 1. The largest absolute Gasteiger partial charge is 0.376 e. The lowest BCUT2D eigenvalue weighted by Gasteiger charge is -2.26. The van der Waals surface area contributed by atoms with Crippen molar-refractivity contribution in [3.05, 3.63) is 33.8 Å². The molecule has 0 aromatic heterocycles. The average molecular weight is 275 g/mol. The van der Waals surface area contributed by atoms with E-state index < -0.39 is 0 Å². The normalized spacial score (nSPS) is 26.1. The van der Waals surface area contributed by atoms with Gasteiger partial charge in [-0.05, 0) is 30.0 Å². The number of hydrazine groups is 1. The molecule has 3 nitrogen and oxygen atoms in total. The standard InChI is InChI=1S/C12H16Cl2N2O/c1-7-4-5-17-12(7)11(16-15)8-2-3-9(13)10(14)6-8/h2-3,6-7,11-12,16H,4-5,15H2,1H3. The van der Waals surface area contributed by atoms with Gasteiger partial charge in [0.15, 0.2) is 0 Å². The van der Waals surface area contributed by atoms with Crippen LogP contribution in [0.2, 0.25) is 10.0 Å². The minimum absolute atomic E-state index is 0.0535. The Morgan fingerprint density at radius 2 is 2.18 bits per heavy atom. The second-order valence-electron chi connectivity index (χ2n) is 4.42. The van der Waals surface area contributed by atoms with Crippen LogP contribution in [0.1, 0.15) is 24.9 Å². The molecule has 1 aromatic rings. The second-order valence-corrected chi connectivity index (χ2v) is 5.23. The summed E-state index contributed by atoms with van der Waals surface area (Å²) in [5, 5.41) is 1.08. The minimum atomic E-state index is -0.0535. The molecule has 3 atom stereocenters. The van der Waals surface area contributed by atoms with Crippen molar-refractivity contribution in [2.75, 3.05) is 6.61 Å². The monoisotopic (exact) mass is 274 g/mol. The molecule has 1 heterocycles. The van der Waals surface area contributed by atoms with E-state index in [1.165, 1.54) is 0 Å². The fourth-order valence-corrected chi connectivity index (χ4v) is 2.54. The molecule has 94 valence electrons. The van der Waals surface area contributed by atoms with E-state index in [9.17, 15) is 0 Å². The first-order valence-corrected chi connectivity index (χ1v) is 6.41. The zero-order valence-electron chi connectivity index (χ0n) is 9.62. The Morgan fingerprint density at radius 1 is 1.41 bits per heavy atom. The van der Waals surface area contributed by atoms with E-state index in [-0.39, 0.29) is 12.1 Å². The smallest absolute Gasteiger partial charge is 0.0808 e. The maximum Gasteiger partial charge on any atom is 0.0808 e. The lowest BCUT2D eigenvalue weighted by Crippen LogP contribution is -2.38. The Labute approximate surface area is 111 Å². The zero-order valence-corrected chi connectivity index (χ0v) is 11.1. The number of benzene rings is 1. The molecule has 5 heteroatoms. The lowest BCUT2D eigenvalue weighted by atomic mass is 9.93. The summed E-state index contributed by atoms with van der Waals surface area (Å²) in [6, 6.07) is 5.49. The summed E-state index contributed by atoms with van der Waals surface area (Å²) in [4.78, 5) is 0. The van der Waals surface area contributed by atoms with E-state index in [0.717, 1.165) is 18.6 Å². The number of rotatable bonds is 3. The van der Waals surface area contributed by atoms with Crippen LogP contribution in [-0.2, 0) is 4.74 Å². The van der Waals surface area contributed by atoms with E-state index >= 15 is 0 Å². The molecular formula is C12H16Cl2N2O. The van der Waals surface area contributed by atoms with E-state index in [2.05, 4.69) is 12.3 Å². The van der Waals surface area contributed by atoms with Gasteiger partial charge in [-0.1, -0.05) is 36.2 Å². The molecule has 1 aliphatic heterocycles. The molecule has 2 rings (SSSR count). The van der Waals surface area contributed by atoms with Crippen LogP contribution in [0.4, 0.5) is 0 Å². The van der Waals surface area contributed by atoms with Crippen molar-refractivity contribution in [2.24, 2.45) is 11.8 Å². The topological polar surface area (TPSA) is 47.3 Å². The Morgan fingerprint density at radius 3 is 2.71 bits per heavy atom. The Hall–Kier alpha value is -0.320. The molecule has 3 unspecified atom stereocenters. The fraction of sp³-hybridized carbons (Fsp3) is 0.500. The fourth-order valence-electron chi connectivity index (χ4n) is 2.23. The van der Waals surface area contributed by atoms with Crippen molar-refractivity contribution < 1.29 is 4.74 Å². The summed E-state index contributed by atoms with van der Waals surface area (Å²) in [6.45, 7) is 2.95. The van der Waals surface area contributed by atoms with E-state index in [1.807, 2.05) is 12.1 Å². The number of hydrogen-bond donors (Lipinski definition) is 2. The predicted octanol–water partition coefficient (Wildman–Crippen LogP) is 2.92. The number of nitrogens with one attached hydrogen (secondary N) is 1. The van der Waals surface area contributed by atoms with E-state index in [4.69, 9.17) is 33.8 Å².